The number of hydrogen-bond donors (Lipinski definition) is 1. The molecule has 2 rings (SSSR count). The summed E-state index contributed by atoms with van der Waals surface area (Å²) in [6.45, 7) is 7.67. The average molecular weight is 273 g/mol. The summed E-state index contributed by atoms with van der Waals surface area (Å²) < 4.78 is 0. The Balaban J connectivity index is 2.12. The fraction of sp³-hybridized carbons (Fsp3) is 0.412. The zero-order chi connectivity index (χ0) is 13.7. The summed E-state index contributed by atoms with van der Waals surface area (Å²) in [5, 5.41) is 5.78. The number of aryl methyl sites for hydroxylation is 1. The maximum absolute atomic E-state index is 3.58. The van der Waals surface area contributed by atoms with Crippen molar-refractivity contribution >= 4 is 11.3 Å². The van der Waals surface area contributed by atoms with Gasteiger partial charge in [0.05, 0.1) is 0 Å². The molecule has 0 aliphatic carbocycles. The predicted molar refractivity (Wildman–Crippen MR) is 85.1 cm³/mol. The molecule has 1 unspecified atom stereocenters. The molecule has 0 saturated heterocycles. The molecule has 0 aliphatic rings. The van der Waals surface area contributed by atoms with E-state index in [0.717, 1.165) is 13.0 Å². The monoisotopic (exact) mass is 273 g/mol. The Morgan fingerprint density at radius 1 is 1.11 bits per heavy atom. The molecule has 1 atom stereocenters. The standard InChI is InChI=1S/C17H23NS/c1-13(2)18-12-16(15-7-5-4-6-8-15)11-17-14(3)9-10-19-17/h4-10,13,16,18H,11-12H2,1-3H3. The molecule has 2 heteroatoms. The summed E-state index contributed by atoms with van der Waals surface area (Å²) in [5.41, 5.74) is 2.86. The van der Waals surface area contributed by atoms with E-state index < -0.39 is 0 Å². The lowest BCUT2D eigenvalue weighted by Gasteiger charge is -2.19. The van der Waals surface area contributed by atoms with Crippen LogP contribution in [0.3, 0.4) is 0 Å². The van der Waals surface area contributed by atoms with Gasteiger partial charge in [0.15, 0.2) is 0 Å². The fourth-order valence-electron chi connectivity index (χ4n) is 2.25. The molecule has 1 aromatic heterocycles. The van der Waals surface area contributed by atoms with Gasteiger partial charge in [-0.2, -0.15) is 0 Å². The Labute approximate surface area is 120 Å². The fourth-order valence-corrected chi connectivity index (χ4v) is 3.24. The Morgan fingerprint density at radius 2 is 1.84 bits per heavy atom. The Hall–Kier alpha value is -1.12. The van der Waals surface area contributed by atoms with Crippen LogP contribution in [0.15, 0.2) is 41.8 Å². The van der Waals surface area contributed by atoms with Crippen molar-refractivity contribution < 1.29 is 0 Å². The molecule has 2 aromatic rings. The minimum Gasteiger partial charge on any atom is -0.314 e. The van der Waals surface area contributed by atoms with Gasteiger partial charge >= 0.3 is 0 Å². The highest BCUT2D eigenvalue weighted by Crippen LogP contribution is 2.25. The van der Waals surface area contributed by atoms with Crippen LogP contribution in [-0.2, 0) is 6.42 Å². The van der Waals surface area contributed by atoms with Gasteiger partial charge in [-0.15, -0.1) is 11.3 Å². The minimum absolute atomic E-state index is 0.538. The van der Waals surface area contributed by atoms with Gasteiger partial charge in [0.25, 0.3) is 0 Å². The van der Waals surface area contributed by atoms with Crippen molar-refractivity contribution in [3.05, 3.63) is 57.8 Å². The predicted octanol–water partition coefficient (Wildman–Crippen LogP) is 4.38. The summed E-state index contributed by atoms with van der Waals surface area (Å²) in [5.74, 6) is 0.556. The van der Waals surface area contributed by atoms with Gasteiger partial charge < -0.3 is 5.32 Å². The van der Waals surface area contributed by atoms with Crippen LogP contribution in [0.4, 0.5) is 0 Å². The van der Waals surface area contributed by atoms with Gasteiger partial charge in [0.1, 0.15) is 0 Å². The first-order chi connectivity index (χ1) is 9.16. The molecule has 102 valence electrons. The maximum atomic E-state index is 3.58. The van der Waals surface area contributed by atoms with Crippen LogP contribution in [0.25, 0.3) is 0 Å². The largest absolute Gasteiger partial charge is 0.314 e. The summed E-state index contributed by atoms with van der Waals surface area (Å²) in [6.07, 6.45) is 1.13. The lowest BCUT2D eigenvalue weighted by Crippen LogP contribution is -2.28. The molecule has 0 aliphatic heterocycles. The molecule has 1 heterocycles. The number of rotatable bonds is 6. The Bertz CT molecular complexity index is 487. The molecule has 0 fully saturated rings. The lowest BCUT2D eigenvalue weighted by atomic mass is 9.94. The number of benzene rings is 1. The van der Waals surface area contributed by atoms with E-state index in [1.807, 2.05) is 11.3 Å². The second kappa shape index (κ2) is 6.88. The third-order valence-electron chi connectivity index (χ3n) is 3.44. The van der Waals surface area contributed by atoms with Crippen LogP contribution in [0.2, 0.25) is 0 Å². The maximum Gasteiger partial charge on any atom is 0.00809 e. The highest BCUT2D eigenvalue weighted by Gasteiger charge is 2.14. The second-order valence-electron chi connectivity index (χ2n) is 5.40. The van der Waals surface area contributed by atoms with Crippen molar-refractivity contribution in [3.63, 3.8) is 0 Å². The van der Waals surface area contributed by atoms with Crippen molar-refractivity contribution in [2.75, 3.05) is 6.54 Å². The highest BCUT2D eigenvalue weighted by molar-refractivity contribution is 7.10. The first-order valence-electron chi connectivity index (χ1n) is 6.98. The zero-order valence-corrected chi connectivity index (χ0v) is 12.8. The van der Waals surface area contributed by atoms with Gasteiger partial charge in [-0.3, -0.25) is 0 Å². The van der Waals surface area contributed by atoms with Crippen LogP contribution in [-0.4, -0.2) is 12.6 Å². The van der Waals surface area contributed by atoms with Crippen molar-refractivity contribution in [1.82, 2.24) is 5.32 Å². The second-order valence-corrected chi connectivity index (χ2v) is 6.40. The summed E-state index contributed by atoms with van der Waals surface area (Å²) in [6, 6.07) is 13.6. The lowest BCUT2D eigenvalue weighted by molar-refractivity contribution is 0.528. The first kappa shape index (κ1) is 14.3. The quantitative estimate of drug-likeness (QED) is 0.823. The molecule has 1 N–H and O–H groups in total. The van der Waals surface area contributed by atoms with Crippen LogP contribution < -0.4 is 5.32 Å². The van der Waals surface area contributed by atoms with Crippen LogP contribution in [0, 0.1) is 6.92 Å². The van der Waals surface area contributed by atoms with E-state index in [2.05, 4.69) is 67.9 Å². The zero-order valence-electron chi connectivity index (χ0n) is 12.0. The molecule has 0 saturated carbocycles. The summed E-state index contributed by atoms with van der Waals surface area (Å²) >= 11 is 1.88. The highest BCUT2D eigenvalue weighted by atomic mass is 32.1. The molecule has 0 bridgehead atoms. The van der Waals surface area contributed by atoms with E-state index in [1.165, 1.54) is 16.0 Å². The van der Waals surface area contributed by atoms with Crippen LogP contribution in [0.5, 0.6) is 0 Å². The molecular formula is C17H23NS. The molecule has 19 heavy (non-hydrogen) atoms. The third-order valence-corrected chi connectivity index (χ3v) is 4.49. The summed E-state index contributed by atoms with van der Waals surface area (Å²) in [4.78, 5) is 1.51. The molecule has 1 nitrogen and oxygen atoms in total. The molecule has 0 spiro atoms. The van der Waals surface area contributed by atoms with Crippen molar-refractivity contribution in [2.45, 2.75) is 39.2 Å². The van der Waals surface area contributed by atoms with E-state index in [1.54, 1.807) is 0 Å². The van der Waals surface area contributed by atoms with Crippen LogP contribution >= 0.6 is 11.3 Å². The van der Waals surface area contributed by atoms with Gasteiger partial charge in [-0.25, -0.2) is 0 Å². The third kappa shape index (κ3) is 4.19. The number of nitrogens with one attached hydrogen (secondary N) is 1. The molecule has 0 radical (unpaired) electrons. The van der Waals surface area contributed by atoms with Gasteiger partial charge in [-0.1, -0.05) is 44.2 Å². The van der Waals surface area contributed by atoms with E-state index >= 15 is 0 Å². The number of thiophene rings is 1. The number of hydrogen-bond acceptors (Lipinski definition) is 2. The smallest absolute Gasteiger partial charge is 0.00809 e. The van der Waals surface area contributed by atoms with E-state index in [9.17, 15) is 0 Å². The van der Waals surface area contributed by atoms with Gasteiger partial charge in [0.2, 0.25) is 0 Å². The Morgan fingerprint density at radius 3 is 2.42 bits per heavy atom. The first-order valence-corrected chi connectivity index (χ1v) is 7.86. The topological polar surface area (TPSA) is 12.0 Å². The van der Waals surface area contributed by atoms with Crippen molar-refractivity contribution in [3.8, 4) is 0 Å². The van der Waals surface area contributed by atoms with E-state index in [4.69, 9.17) is 0 Å². The molecule has 1 aromatic carbocycles. The Kier molecular flexibility index (Phi) is 5.17. The SMILES string of the molecule is Cc1ccsc1CC(CNC(C)C)c1ccccc1. The van der Waals surface area contributed by atoms with E-state index in [0.29, 0.717) is 12.0 Å². The average Bonchev–Trinajstić information content (AvgIpc) is 2.81. The minimum atomic E-state index is 0.538. The van der Waals surface area contributed by atoms with Crippen molar-refractivity contribution in [1.29, 1.82) is 0 Å². The van der Waals surface area contributed by atoms with Gasteiger partial charge in [-0.05, 0) is 35.9 Å². The molecular weight excluding hydrogens is 250 g/mol. The van der Waals surface area contributed by atoms with E-state index in [-0.39, 0.29) is 0 Å². The summed E-state index contributed by atoms with van der Waals surface area (Å²) in [7, 11) is 0. The van der Waals surface area contributed by atoms with Crippen molar-refractivity contribution in [2.24, 2.45) is 0 Å². The van der Waals surface area contributed by atoms with Gasteiger partial charge in [0, 0.05) is 23.4 Å². The normalized spacial score (nSPS) is 12.8. The van der Waals surface area contributed by atoms with Crippen LogP contribution in [0.1, 0.15) is 35.8 Å². The molecule has 0 amide bonds.